The van der Waals surface area contributed by atoms with Crippen LogP contribution in [0, 0.1) is 6.92 Å². The van der Waals surface area contributed by atoms with Gasteiger partial charge in [-0.05, 0) is 37.1 Å². The molecule has 0 amide bonds. The second-order valence-corrected chi connectivity index (χ2v) is 6.30. The fourth-order valence-corrected chi connectivity index (χ4v) is 2.50. The number of hydrogen-bond acceptors (Lipinski definition) is 4. The van der Waals surface area contributed by atoms with Gasteiger partial charge in [-0.25, -0.2) is 4.99 Å². The summed E-state index contributed by atoms with van der Waals surface area (Å²) in [4.78, 5) is 4.72. The van der Waals surface area contributed by atoms with E-state index < -0.39 is 0 Å². The summed E-state index contributed by atoms with van der Waals surface area (Å²) in [6, 6.07) is 10.1. The van der Waals surface area contributed by atoms with Gasteiger partial charge in [0.2, 0.25) is 0 Å². The number of aryl methyl sites for hydroxylation is 1. The first-order valence-corrected chi connectivity index (χ1v) is 9.48. The minimum atomic E-state index is 0. The van der Waals surface area contributed by atoms with Crippen molar-refractivity contribution in [2.75, 3.05) is 33.4 Å². The third kappa shape index (κ3) is 8.97. The molecular weight excluding hydrogens is 469 g/mol. The summed E-state index contributed by atoms with van der Waals surface area (Å²) in [6.07, 6.45) is 3.55. The molecule has 0 atom stereocenters. The lowest BCUT2D eigenvalue weighted by Crippen LogP contribution is -2.38. The number of benzene rings is 1. The lowest BCUT2D eigenvalue weighted by Gasteiger charge is -2.14. The molecule has 2 N–H and O–H groups in total. The number of ether oxygens (including phenoxy) is 2. The molecule has 0 aliphatic carbocycles. The molecule has 0 aliphatic rings. The summed E-state index contributed by atoms with van der Waals surface area (Å²) in [7, 11) is 1.67. The average molecular weight is 501 g/mol. The third-order valence-corrected chi connectivity index (χ3v) is 3.96. The fourth-order valence-electron chi connectivity index (χ4n) is 2.50. The van der Waals surface area contributed by atoms with E-state index in [4.69, 9.17) is 18.9 Å². The van der Waals surface area contributed by atoms with E-state index in [2.05, 4.69) is 36.6 Å². The first-order chi connectivity index (χ1) is 13.2. The third-order valence-electron chi connectivity index (χ3n) is 3.96. The molecule has 0 radical (unpaired) electrons. The summed E-state index contributed by atoms with van der Waals surface area (Å²) in [5.74, 6) is 2.62. The van der Waals surface area contributed by atoms with Crippen molar-refractivity contribution >= 4 is 29.9 Å². The maximum Gasteiger partial charge on any atom is 0.191 e. The van der Waals surface area contributed by atoms with E-state index in [0.29, 0.717) is 19.8 Å². The number of rotatable bonds is 11. The Hall–Kier alpha value is -1.74. The number of nitrogens with one attached hydrogen (secondary N) is 2. The van der Waals surface area contributed by atoms with Gasteiger partial charge in [0.1, 0.15) is 18.1 Å². The topological polar surface area (TPSA) is 68.0 Å². The molecule has 0 bridgehead atoms. The Morgan fingerprint density at radius 3 is 2.68 bits per heavy atom. The van der Waals surface area contributed by atoms with Gasteiger partial charge in [0, 0.05) is 32.2 Å². The number of hydrogen-bond donors (Lipinski definition) is 2. The zero-order valence-electron chi connectivity index (χ0n) is 17.0. The molecular formula is C21H32IN3O3. The number of halogens is 1. The molecule has 0 fully saturated rings. The maximum absolute atomic E-state index is 5.85. The van der Waals surface area contributed by atoms with Gasteiger partial charge in [-0.15, -0.1) is 24.0 Å². The Morgan fingerprint density at radius 2 is 1.96 bits per heavy atom. The lowest BCUT2D eigenvalue weighted by atomic mass is 10.1. The van der Waals surface area contributed by atoms with Gasteiger partial charge in [0.05, 0.1) is 19.4 Å². The molecule has 1 aromatic heterocycles. The van der Waals surface area contributed by atoms with Crippen molar-refractivity contribution in [1.82, 2.24) is 10.6 Å². The fraction of sp³-hybridized carbons (Fsp3) is 0.476. The van der Waals surface area contributed by atoms with E-state index in [1.165, 1.54) is 0 Å². The van der Waals surface area contributed by atoms with Crippen LogP contribution in [0.25, 0.3) is 0 Å². The summed E-state index contributed by atoms with van der Waals surface area (Å²) >= 11 is 0. The van der Waals surface area contributed by atoms with Gasteiger partial charge >= 0.3 is 0 Å². The molecule has 1 aromatic carbocycles. The van der Waals surface area contributed by atoms with Crippen molar-refractivity contribution in [2.24, 2.45) is 4.99 Å². The van der Waals surface area contributed by atoms with Gasteiger partial charge < -0.3 is 24.5 Å². The second kappa shape index (κ2) is 14.3. The smallest absolute Gasteiger partial charge is 0.191 e. The van der Waals surface area contributed by atoms with Crippen LogP contribution in [0.15, 0.2) is 46.0 Å². The Balaban J connectivity index is 0.00000392. The van der Waals surface area contributed by atoms with Crippen molar-refractivity contribution in [1.29, 1.82) is 0 Å². The van der Waals surface area contributed by atoms with Crippen molar-refractivity contribution in [2.45, 2.75) is 33.2 Å². The van der Waals surface area contributed by atoms with Crippen LogP contribution in [0.4, 0.5) is 0 Å². The van der Waals surface area contributed by atoms with E-state index in [0.717, 1.165) is 54.5 Å². The number of aliphatic imine (C=N–C) groups is 1. The Labute approximate surface area is 185 Å². The first-order valence-electron chi connectivity index (χ1n) is 9.48. The maximum atomic E-state index is 5.85. The SMILES string of the molecule is CCCNC(=NCc1ccc(C)cc1OCCOC)NCCc1ccco1.I. The molecule has 28 heavy (non-hydrogen) atoms. The number of nitrogens with zero attached hydrogens (tertiary/aromatic N) is 1. The summed E-state index contributed by atoms with van der Waals surface area (Å²) in [5, 5.41) is 6.71. The van der Waals surface area contributed by atoms with Crippen LogP contribution in [0.3, 0.4) is 0 Å². The van der Waals surface area contributed by atoms with E-state index in [-0.39, 0.29) is 24.0 Å². The van der Waals surface area contributed by atoms with Crippen molar-refractivity contribution in [3.63, 3.8) is 0 Å². The summed E-state index contributed by atoms with van der Waals surface area (Å²) in [6.45, 7) is 7.46. The zero-order valence-corrected chi connectivity index (χ0v) is 19.3. The average Bonchev–Trinajstić information content (AvgIpc) is 3.18. The standard InChI is InChI=1S/C21H31N3O3.HI/c1-4-10-22-21(23-11-9-19-6-5-12-26-19)24-16-18-8-7-17(2)15-20(18)27-14-13-25-3;/h5-8,12,15H,4,9-11,13-14,16H2,1-3H3,(H2,22,23,24);1H. The van der Waals surface area contributed by atoms with Gasteiger partial charge in [-0.3, -0.25) is 0 Å². The Kier molecular flexibility index (Phi) is 12.4. The predicted octanol–water partition coefficient (Wildman–Crippen LogP) is 3.92. The molecule has 1 heterocycles. The summed E-state index contributed by atoms with van der Waals surface area (Å²) in [5.41, 5.74) is 2.22. The van der Waals surface area contributed by atoms with E-state index in [1.807, 2.05) is 18.2 Å². The van der Waals surface area contributed by atoms with Crippen molar-refractivity contribution in [3.05, 3.63) is 53.5 Å². The van der Waals surface area contributed by atoms with Gasteiger partial charge in [-0.1, -0.05) is 19.1 Å². The van der Waals surface area contributed by atoms with E-state index >= 15 is 0 Å². The normalized spacial score (nSPS) is 11.0. The van der Waals surface area contributed by atoms with Gasteiger partial charge in [0.25, 0.3) is 0 Å². The highest BCUT2D eigenvalue weighted by atomic mass is 127. The van der Waals surface area contributed by atoms with Crippen LogP contribution in [-0.4, -0.2) is 39.4 Å². The number of furan rings is 1. The number of guanidine groups is 1. The Morgan fingerprint density at radius 1 is 1.14 bits per heavy atom. The van der Waals surface area contributed by atoms with E-state index in [1.54, 1.807) is 13.4 Å². The van der Waals surface area contributed by atoms with Crippen LogP contribution in [0.2, 0.25) is 0 Å². The van der Waals surface area contributed by atoms with E-state index in [9.17, 15) is 0 Å². The minimum absolute atomic E-state index is 0. The minimum Gasteiger partial charge on any atom is -0.491 e. The molecule has 2 aromatic rings. The molecule has 0 unspecified atom stereocenters. The van der Waals surface area contributed by atoms with Crippen LogP contribution in [0.5, 0.6) is 5.75 Å². The zero-order chi connectivity index (χ0) is 19.3. The van der Waals surface area contributed by atoms with Crippen LogP contribution >= 0.6 is 24.0 Å². The largest absolute Gasteiger partial charge is 0.491 e. The molecule has 0 spiro atoms. The highest BCUT2D eigenvalue weighted by molar-refractivity contribution is 14.0. The lowest BCUT2D eigenvalue weighted by molar-refractivity contribution is 0.145. The van der Waals surface area contributed by atoms with Crippen LogP contribution in [-0.2, 0) is 17.7 Å². The molecule has 6 nitrogen and oxygen atoms in total. The highest BCUT2D eigenvalue weighted by Gasteiger charge is 2.06. The first kappa shape index (κ1) is 24.3. The molecule has 7 heteroatoms. The van der Waals surface area contributed by atoms with Crippen molar-refractivity contribution in [3.8, 4) is 5.75 Å². The van der Waals surface area contributed by atoms with Gasteiger partial charge in [-0.2, -0.15) is 0 Å². The van der Waals surface area contributed by atoms with Gasteiger partial charge in [0.15, 0.2) is 5.96 Å². The second-order valence-electron chi connectivity index (χ2n) is 6.30. The quantitative estimate of drug-likeness (QED) is 0.212. The molecule has 156 valence electrons. The molecule has 0 saturated carbocycles. The Bertz CT molecular complexity index is 690. The molecule has 0 saturated heterocycles. The number of methoxy groups -OCH3 is 1. The molecule has 0 aliphatic heterocycles. The van der Waals surface area contributed by atoms with Crippen LogP contribution < -0.4 is 15.4 Å². The predicted molar refractivity (Wildman–Crippen MR) is 124 cm³/mol. The highest BCUT2D eigenvalue weighted by Crippen LogP contribution is 2.21. The molecule has 2 rings (SSSR count). The van der Waals surface area contributed by atoms with Crippen molar-refractivity contribution < 1.29 is 13.9 Å². The monoisotopic (exact) mass is 501 g/mol. The van der Waals surface area contributed by atoms with Crippen LogP contribution in [0.1, 0.15) is 30.2 Å². The summed E-state index contributed by atoms with van der Waals surface area (Å²) < 4.78 is 16.3.